The van der Waals surface area contributed by atoms with Gasteiger partial charge in [0.2, 0.25) is 0 Å². The zero-order valence-corrected chi connectivity index (χ0v) is 20.1. The third kappa shape index (κ3) is 4.21. The van der Waals surface area contributed by atoms with E-state index in [1.54, 1.807) is 18.0 Å². The summed E-state index contributed by atoms with van der Waals surface area (Å²) in [4.78, 5) is 10.1. The molecule has 0 saturated heterocycles. The number of aromatic nitrogens is 4. The largest absolute Gasteiger partial charge is 0.396 e. The summed E-state index contributed by atoms with van der Waals surface area (Å²) in [7, 11) is 0.312. The van der Waals surface area contributed by atoms with Gasteiger partial charge >= 0.3 is 0 Å². The molecule has 3 N–H and O–H groups in total. The molecule has 10 heteroatoms. The molecule has 0 aliphatic heterocycles. The number of thiophene rings is 1. The Morgan fingerprint density at radius 2 is 2.03 bits per heavy atom. The van der Waals surface area contributed by atoms with Crippen molar-refractivity contribution in [2.75, 3.05) is 31.8 Å². The molecule has 4 heterocycles. The summed E-state index contributed by atoms with van der Waals surface area (Å²) in [6.45, 7) is 0.805. The number of aliphatic hydroxyl groups excluding tert-OH is 1. The summed E-state index contributed by atoms with van der Waals surface area (Å²) in [5.74, 6) is 0.374. The number of anilines is 1. The van der Waals surface area contributed by atoms with Gasteiger partial charge in [-0.25, -0.2) is 9.97 Å². The lowest BCUT2D eigenvalue weighted by Crippen LogP contribution is -2.04. The number of hydrogen-bond donors (Lipinski definition) is 2. The van der Waals surface area contributed by atoms with Crippen LogP contribution in [0.25, 0.3) is 43.6 Å². The average Bonchev–Trinajstić information content (AvgIpc) is 3.42. The first-order valence-electron chi connectivity index (χ1n) is 10.7. The number of hydrogen-bond acceptors (Lipinski definition) is 8. The molecule has 0 aliphatic rings. The van der Waals surface area contributed by atoms with E-state index >= 15 is 0 Å². The fourth-order valence-electron chi connectivity index (χ4n) is 3.84. The molecule has 1 aromatic carbocycles. The van der Waals surface area contributed by atoms with Crippen molar-refractivity contribution in [3.63, 3.8) is 0 Å². The van der Waals surface area contributed by atoms with Crippen molar-refractivity contribution in [2.24, 2.45) is 0 Å². The molecule has 0 amide bonds. The fraction of sp³-hybridized carbons (Fsp3) is 0.208. The van der Waals surface area contributed by atoms with Crippen molar-refractivity contribution in [3.8, 4) is 22.4 Å². The maximum atomic E-state index is 12.9. The quantitative estimate of drug-likeness (QED) is 0.338. The Bertz CT molecular complexity index is 1500. The van der Waals surface area contributed by atoms with Crippen LogP contribution in [0.3, 0.4) is 0 Å². The van der Waals surface area contributed by atoms with E-state index in [9.17, 15) is 9.32 Å². The number of rotatable bonds is 8. The van der Waals surface area contributed by atoms with Gasteiger partial charge < -0.3 is 15.6 Å². The van der Waals surface area contributed by atoms with Crippen LogP contribution in [0.2, 0.25) is 0 Å². The summed E-state index contributed by atoms with van der Waals surface area (Å²) < 4.78 is 20.3. The number of nitrogens with two attached hydrogens (primary N) is 1. The molecular weight excluding hydrogens is 470 g/mol. The van der Waals surface area contributed by atoms with Crippen molar-refractivity contribution < 1.29 is 14.1 Å². The number of fused-ring (bicyclic) bond motifs is 2. The molecule has 174 valence electrons. The predicted molar refractivity (Wildman–Crippen MR) is 136 cm³/mol. The molecule has 0 unspecified atom stereocenters. The second-order valence-electron chi connectivity index (χ2n) is 7.70. The van der Waals surface area contributed by atoms with Crippen molar-refractivity contribution in [3.05, 3.63) is 54.9 Å². The summed E-state index contributed by atoms with van der Waals surface area (Å²) in [5.41, 5.74) is 11.2. The first kappa shape index (κ1) is 22.6. The number of pyridine rings is 2. The van der Waals surface area contributed by atoms with Gasteiger partial charge in [-0.1, -0.05) is 30.3 Å². The number of methoxy groups -OCH3 is 1. The van der Waals surface area contributed by atoms with E-state index in [2.05, 4.69) is 10.1 Å². The van der Waals surface area contributed by atoms with Gasteiger partial charge in [-0.2, -0.15) is 5.10 Å². The van der Waals surface area contributed by atoms with Crippen LogP contribution in [0.15, 0.2) is 59.1 Å². The molecule has 0 saturated carbocycles. The monoisotopic (exact) mass is 493 g/mol. The van der Waals surface area contributed by atoms with Crippen molar-refractivity contribution in [2.45, 2.75) is 10.8 Å². The molecule has 4 aromatic heterocycles. The van der Waals surface area contributed by atoms with E-state index < -0.39 is 10.8 Å². The Morgan fingerprint density at radius 1 is 1.21 bits per heavy atom. The highest BCUT2D eigenvalue weighted by molar-refractivity contribution is 7.87. The average molecular weight is 494 g/mol. The number of aliphatic hydroxyl groups is 1. The lowest BCUT2D eigenvalue weighted by molar-refractivity contribution is 0.218. The van der Waals surface area contributed by atoms with E-state index in [1.165, 1.54) is 11.3 Å². The lowest BCUT2D eigenvalue weighted by atomic mass is 10.0. The Morgan fingerprint density at radius 3 is 2.79 bits per heavy atom. The maximum absolute atomic E-state index is 12.9. The highest BCUT2D eigenvalue weighted by Crippen LogP contribution is 2.42. The van der Waals surface area contributed by atoms with Crippen molar-refractivity contribution in [1.29, 1.82) is 0 Å². The molecule has 8 nitrogen and oxygen atoms in total. The summed E-state index contributed by atoms with van der Waals surface area (Å²) in [6.07, 6.45) is 3.61. The fourth-order valence-corrected chi connectivity index (χ4v) is 6.40. The first-order chi connectivity index (χ1) is 16.6. The summed E-state index contributed by atoms with van der Waals surface area (Å²) >= 11 is 1.36. The third-order valence-corrected chi connectivity index (χ3v) is 8.33. The summed E-state index contributed by atoms with van der Waals surface area (Å²) in [5, 5.41) is 15.2. The number of nitrogen functional groups attached to an aromatic ring is 1. The van der Waals surface area contributed by atoms with Gasteiger partial charge in [-0.05, 0) is 23.3 Å². The highest BCUT2D eigenvalue weighted by atomic mass is 32.2. The molecule has 0 radical (unpaired) electrons. The van der Waals surface area contributed by atoms with Gasteiger partial charge in [0, 0.05) is 35.8 Å². The molecule has 0 bridgehead atoms. The van der Waals surface area contributed by atoms with Crippen molar-refractivity contribution in [1.82, 2.24) is 19.7 Å². The zero-order valence-electron chi connectivity index (χ0n) is 18.5. The van der Waals surface area contributed by atoms with Gasteiger partial charge in [-0.3, -0.25) is 8.89 Å². The van der Waals surface area contributed by atoms with Crippen LogP contribution in [0.4, 0.5) is 5.69 Å². The molecule has 5 aromatic rings. The van der Waals surface area contributed by atoms with Crippen LogP contribution >= 0.6 is 11.3 Å². The number of ether oxygens (including phenoxy) is 1. The Kier molecular flexibility index (Phi) is 6.38. The van der Waals surface area contributed by atoms with Crippen LogP contribution in [0, 0.1) is 0 Å². The van der Waals surface area contributed by atoms with E-state index in [0.29, 0.717) is 34.4 Å². The molecule has 34 heavy (non-hydrogen) atoms. The SMILES string of the molecule is COCC[S@@](=O)c1sc2nc(-c3cnc4nn(CCO)cc4c3)cc(-c3ccccc3)c2c1N. The van der Waals surface area contributed by atoms with Gasteiger partial charge in [-0.15, -0.1) is 11.3 Å². The summed E-state index contributed by atoms with van der Waals surface area (Å²) in [6, 6.07) is 14.0. The van der Waals surface area contributed by atoms with E-state index in [1.807, 2.05) is 48.7 Å². The smallest absolute Gasteiger partial charge is 0.181 e. The normalized spacial score (nSPS) is 12.5. The molecule has 5 rings (SSSR count). The van der Waals surface area contributed by atoms with Gasteiger partial charge in [0.1, 0.15) is 9.04 Å². The van der Waals surface area contributed by atoms with Crippen LogP contribution in [0.1, 0.15) is 0 Å². The number of nitrogens with zero attached hydrogens (tertiary/aromatic N) is 4. The van der Waals surface area contributed by atoms with Crippen LogP contribution in [-0.4, -0.2) is 55.1 Å². The standard InChI is InChI=1S/C24H23N5O3S2/c1-32-9-10-34(31)24-21(25)20-18(15-5-3-2-4-6-15)12-19(27-23(20)33-24)16-11-17-14-29(7-8-30)28-22(17)26-13-16/h2-6,11-14,30H,7-10,25H2,1H3/t34-/m1/s1. The van der Waals surface area contributed by atoms with E-state index in [0.717, 1.165) is 38.0 Å². The lowest BCUT2D eigenvalue weighted by Gasteiger charge is -2.09. The Hall–Kier alpha value is -3.18. The maximum Gasteiger partial charge on any atom is 0.181 e. The zero-order chi connectivity index (χ0) is 23.7. The second kappa shape index (κ2) is 9.59. The third-order valence-electron chi connectivity index (χ3n) is 5.46. The second-order valence-corrected chi connectivity index (χ2v) is 10.5. The minimum absolute atomic E-state index is 0.00733. The van der Waals surface area contributed by atoms with Crippen LogP contribution in [-0.2, 0) is 22.1 Å². The topological polar surface area (TPSA) is 116 Å². The van der Waals surface area contributed by atoms with E-state index in [4.69, 9.17) is 15.5 Å². The van der Waals surface area contributed by atoms with Gasteiger partial charge in [0.15, 0.2) is 5.65 Å². The molecule has 1 atom stereocenters. The Balaban J connectivity index is 1.69. The molecule has 0 fully saturated rings. The predicted octanol–water partition coefficient (Wildman–Crippen LogP) is 3.70. The molecular formula is C24H23N5O3S2. The molecule has 0 spiro atoms. The minimum Gasteiger partial charge on any atom is -0.396 e. The minimum atomic E-state index is -1.28. The highest BCUT2D eigenvalue weighted by Gasteiger charge is 2.21. The first-order valence-corrected chi connectivity index (χ1v) is 12.8. The van der Waals surface area contributed by atoms with Crippen molar-refractivity contribution >= 4 is 49.1 Å². The van der Waals surface area contributed by atoms with Gasteiger partial charge in [0.05, 0.1) is 47.7 Å². The molecule has 0 aliphatic carbocycles. The Labute approximate surface area is 202 Å². The van der Waals surface area contributed by atoms with Crippen LogP contribution in [0.5, 0.6) is 0 Å². The van der Waals surface area contributed by atoms with Gasteiger partial charge in [0.25, 0.3) is 0 Å². The number of benzene rings is 1. The van der Waals surface area contributed by atoms with Crippen LogP contribution < -0.4 is 5.73 Å². The van der Waals surface area contributed by atoms with E-state index in [-0.39, 0.29) is 6.61 Å².